The normalized spacial score (nSPS) is 12.8. The fraction of sp³-hybridized carbons (Fsp3) is 0.0566. The highest BCUT2D eigenvalue weighted by atomic mass is 15.0. The summed E-state index contributed by atoms with van der Waals surface area (Å²) in [6, 6.07) is 64.3. The van der Waals surface area contributed by atoms with Gasteiger partial charge in [0, 0.05) is 44.6 Å². The van der Waals surface area contributed by atoms with Crippen molar-refractivity contribution in [2.24, 2.45) is 0 Å². The van der Waals surface area contributed by atoms with Gasteiger partial charge in [0.1, 0.15) is 5.69 Å². The van der Waals surface area contributed by atoms with Gasteiger partial charge in [0.2, 0.25) is 0 Å². The van der Waals surface area contributed by atoms with Crippen molar-refractivity contribution in [2.75, 3.05) is 0 Å². The Labute approximate surface area is 337 Å². The molecule has 5 nitrogen and oxygen atoms in total. The van der Waals surface area contributed by atoms with E-state index in [1.54, 1.807) is 6.20 Å². The van der Waals surface area contributed by atoms with Crippen LogP contribution in [0.1, 0.15) is 25.0 Å². The first kappa shape index (κ1) is 33.8. The first-order valence-corrected chi connectivity index (χ1v) is 19.7. The summed E-state index contributed by atoms with van der Waals surface area (Å²) < 4.78 is 2.55. The quantitative estimate of drug-likeness (QED) is 0.170. The van der Waals surface area contributed by atoms with Gasteiger partial charge in [0.05, 0.1) is 16.7 Å². The Bertz CT molecular complexity index is 3050. The summed E-state index contributed by atoms with van der Waals surface area (Å²) in [6.45, 7) is 4.76. The third kappa shape index (κ3) is 5.31. The summed E-state index contributed by atoms with van der Waals surface area (Å²) >= 11 is 0. The molecule has 7 aromatic carbocycles. The number of rotatable bonds is 6. The number of aromatic nitrogens is 5. The van der Waals surface area contributed by atoms with Crippen LogP contribution in [-0.4, -0.2) is 24.5 Å². The molecule has 3 aromatic heterocycles. The molecule has 0 amide bonds. The number of fused-ring (bicyclic) bond motifs is 7. The first-order chi connectivity index (χ1) is 28.5. The van der Waals surface area contributed by atoms with E-state index in [-0.39, 0.29) is 5.41 Å². The molecule has 5 heteroatoms. The zero-order valence-electron chi connectivity index (χ0n) is 32.1. The Morgan fingerprint density at radius 2 is 1.00 bits per heavy atom. The molecule has 0 saturated heterocycles. The molecular weight excluding hydrogens is 707 g/mol. The highest BCUT2D eigenvalue weighted by molar-refractivity contribution is 6.14. The summed E-state index contributed by atoms with van der Waals surface area (Å²) in [5.41, 5.74) is 15.4. The van der Waals surface area contributed by atoms with Gasteiger partial charge in [-0.25, -0.2) is 15.0 Å². The fourth-order valence-corrected chi connectivity index (χ4v) is 9.06. The van der Waals surface area contributed by atoms with Crippen molar-refractivity contribution in [1.29, 1.82) is 0 Å². The highest BCUT2D eigenvalue weighted by Gasteiger charge is 2.39. The molecule has 0 unspecified atom stereocenters. The van der Waals surface area contributed by atoms with Gasteiger partial charge in [-0.15, -0.1) is 0 Å². The molecule has 0 bridgehead atoms. The van der Waals surface area contributed by atoms with Crippen LogP contribution in [0, 0.1) is 0 Å². The van der Waals surface area contributed by atoms with E-state index in [1.165, 1.54) is 38.5 Å². The van der Waals surface area contributed by atoms with E-state index in [9.17, 15) is 0 Å². The number of benzene rings is 7. The number of nitrogens with zero attached hydrogens (tertiary/aromatic N) is 5. The largest absolute Gasteiger partial charge is 0.308 e. The summed E-state index contributed by atoms with van der Waals surface area (Å²) in [5, 5.41) is 2.46. The van der Waals surface area contributed by atoms with Gasteiger partial charge in [-0.05, 0) is 63.7 Å². The van der Waals surface area contributed by atoms with E-state index in [4.69, 9.17) is 15.0 Å². The molecule has 0 atom stereocenters. The fourth-order valence-electron chi connectivity index (χ4n) is 9.06. The first-order valence-electron chi connectivity index (χ1n) is 19.7. The highest BCUT2D eigenvalue weighted by Crippen LogP contribution is 2.54. The Balaban J connectivity index is 1.28. The van der Waals surface area contributed by atoms with Crippen LogP contribution < -0.4 is 0 Å². The van der Waals surface area contributed by atoms with Crippen LogP contribution in [-0.2, 0) is 5.41 Å². The standard InChI is InChI=1S/C53H37N5/c1-53(2)44-26-14-12-24-38(44)40-29-30-41-39-25-13-15-28-46(39)58(49(41)47(40)53)48-42(34-18-6-3-7-19-34)32-37(33-43(48)35-20-8-4-9-21-35)51-55-50(36-22-10-5-11-23-36)56-52(57-51)45-27-16-17-31-54-45/h3-33H,1-2H3. The van der Waals surface area contributed by atoms with Gasteiger partial charge >= 0.3 is 0 Å². The predicted molar refractivity (Wildman–Crippen MR) is 237 cm³/mol. The predicted octanol–water partition coefficient (Wildman–Crippen LogP) is 13.0. The molecule has 1 aliphatic carbocycles. The number of para-hydroxylation sites is 1. The summed E-state index contributed by atoms with van der Waals surface area (Å²) in [5.74, 6) is 1.70. The third-order valence-corrected chi connectivity index (χ3v) is 11.7. The molecule has 1 aliphatic rings. The van der Waals surface area contributed by atoms with Crippen LogP contribution in [0.4, 0.5) is 0 Å². The molecule has 0 N–H and O–H groups in total. The molecule has 11 rings (SSSR count). The molecule has 0 saturated carbocycles. The molecule has 0 aliphatic heterocycles. The number of pyridine rings is 1. The lowest BCUT2D eigenvalue weighted by Crippen LogP contribution is -2.16. The summed E-state index contributed by atoms with van der Waals surface area (Å²) in [6.07, 6.45) is 1.78. The van der Waals surface area contributed by atoms with Crippen molar-refractivity contribution < 1.29 is 0 Å². The molecular formula is C53H37N5. The second-order valence-corrected chi connectivity index (χ2v) is 15.4. The van der Waals surface area contributed by atoms with Gasteiger partial charge < -0.3 is 4.57 Å². The Morgan fingerprint density at radius 1 is 0.431 bits per heavy atom. The second kappa shape index (κ2) is 13.3. The minimum Gasteiger partial charge on any atom is -0.308 e. The molecule has 0 radical (unpaired) electrons. The van der Waals surface area contributed by atoms with Crippen molar-refractivity contribution in [3.05, 3.63) is 199 Å². The van der Waals surface area contributed by atoms with E-state index in [0.717, 1.165) is 44.6 Å². The second-order valence-electron chi connectivity index (χ2n) is 15.4. The Morgan fingerprint density at radius 3 is 1.67 bits per heavy atom. The van der Waals surface area contributed by atoms with Crippen molar-refractivity contribution in [2.45, 2.75) is 19.3 Å². The van der Waals surface area contributed by atoms with E-state index in [1.807, 2.05) is 48.5 Å². The molecule has 3 heterocycles. The van der Waals surface area contributed by atoms with E-state index in [2.05, 4.69) is 157 Å². The zero-order chi connectivity index (χ0) is 38.8. The SMILES string of the molecule is CC1(C)c2ccccc2-c2ccc3c4ccccc4n(-c4c(-c5ccccc5)cc(-c5nc(-c6ccccc6)nc(-c6ccccn6)n5)cc4-c4ccccc4)c3c21. The van der Waals surface area contributed by atoms with E-state index >= 15 is 0 Å². The maximum absolute atomic E-state index is 5.19. The summed E-state index contributed by atoms with van der Waals surface area (Å²) in [4.78, 5) is 20.0. The van der Waals surface area contributed by atoms with Crippen molar-refractivity contribution >= 4 is 21.8 Å². The lowest BCUT2D eigenvalue weighted by atomic mass is 9.81. The molecule has 274 valence electrons. The lowest BCUT2D eigenvalue weighted by molar-refractivity contribution is 0.664. The van der Waals surface area contributed by atoms with Gasteiger partial charge in [-0.2, -0.15) is 0 Å². The maximum atomic E-state index is 5.19. The number of hydrogen-bond acceptors (Lipinski definition) is 4. The van der Waals surface area contributed by atoms with Crippen molar-refractivity contribution in [1.82, 2.24) is 24.5 Å². The number of hydrogen-bond donors (Lipinski definition) is 0. The van der Waals surface area contributed by atoms with Crippen LogP contribution in [0.25, 0.3) is 95.2 Å². The maximum Gasteiger partial charge on any atom is 0.182 e. The minimum atomic E-state index is -0.238. The lowest BCUT2D eigenvalue weighted by Gasteiger charge is -2.26. The van der Waals surface area contributed by atoms with Crippen LogP contribution in [0.2, 0.25) is 0 Å². The summed E-state index contributed by atoms with van der Waals surface area (Å²) in [7, 11) is 0. The molecule has 0 fully saturated rings. The smallest absolute Gasteiger partial charge is 0.182 e. The van der Waals surface area contributed by atoms with Crippen LogP contribution in [0.5, 0.6) is 0 Å². The van der Waals surface area contributed by atoms with E-state index in [0.29, 0.717) is 23.2 Å². The van der Waals surface area contributed by atoms with Crippen molar-refractivity contribution in [3.8, 4) is 73.4 Å². The van der Waals surface area contributed by atoms with Crippen molar-refractivity contribution in [3.63, 3.8) is 0 Å². The monoisotopic (exact) mass is 743 g/mol. The molecule has 58 heavy (non-hydrogen) atoms. The zero-order valence-corrected chi connectivity index (χ0v) is 32.1. The van der Waals surface area contributed by atoms with Gasteiger partial charge in [0.15, 0.2) is 17.5 Å². The van der Waals surface area contributed by atoms with Crippen LogP contribution >= 0.6 is 0 Å². The Hall–Kier alpha value is -7.50. The van der Waals surface area contributed by atoms with E-state index < -0.39 is 0 Å². The average molecular weight is 744 g/mol. The van der Waals surface area contributed by atoms with Crippen LogP contribution in [0.3, 0.4) is 0 Å². The average Bonchev–Trinajstić information content (AvgIpc) is 3.75. The van der Waals surface area contributed by atoms with Gasteiger partial charge in [-0.1, -0.05) is 166 Å². The molecule has 10 aromatic rings. The third-order valence-electron chi connectivity index (χ3n) is 11.7. The minimum absolute atomic E-state index is 0.238. The van der Waals surface area contributed by atoms with Gasteiger partial charge in [0.25, 0.3) is 0 Å². The Kier molecular flexibility index (Phi) is 7.76. The molecule has 0 spiro atoms. The van der Waals surface area contributed by atoms with Crippen LogP contribution in [0.15, 0.2) is 188 Å². The topological polar surface area (TPSA) is 56.5 Å². The van der Waals surface area contributed by atoms with Gasteiger partial charge in [-0.3, -0.25) is 4.98 Å².